The lowest BCUT2D eigenvalue weighted by molar-refractivity contribution is 0.169. The van der Waals surface area contributed by atoms with Crippen LogP contribution >= 0.6 is 43.2 Å². The molecule has 0 fully saturated rings. The van der Waals surface area contributed by atoms with Gasteiger partial charge in [-0.3, -0.25) is 0 Å². The molecule has 0 radical (unpaired) electrons. The molecule has 82 valence electrons. The molecule has 0 aliphatic carbocycles. The molecule has 2 rings (SSSR count). The summed E-state index contributed by atoms with van der Waals surface area (Å²) in [5, 5.41) is 13.1. The van der Waals surface area contributed by atoms with Gasteiger partial charge in [-0.1, -0.05) is 0 Å². The minimum Gasteiger partial charge on any atom is -0.416 e. The van der Waals surface area contributed by atoms with Crippen molar-refractivity contribution in [3.8, 4) is 17.3 Å². The van der Waals surface area contributed by atoms with Gasteiger partial charge in [0.1, 0.15) is 18.9 Å². The fourth-order valence-corrected chi connectivity index (χ4v) is 3.07. The maximum Gasteiger partial charge on any atom is 0.172 e. The van der Waals surface area contributed by atoms with Gasteiger partial charge in [-0.25, -0.2) is 0 Å². The van der Waals surface area contributed by atoms with Crippen LogP contribution in [0.15, 0.2) is 25.8 Å². The highest BCUT2D eigenvalue weighted by atomic mass is 79.9. The Balaban J connectivity index is 2.76. The van der Waals surface area contributed by atoms with Crippen LogP contribution in [-0.2, 0) is 0 Å². The van der Waals surface area contributed by atoms with Crippen LogP contribution in [0.4, 0.5) is 0 Å². The van der Waals surface area contributed by atoms with Crippen molar-refractivity contribution in [3.05, 3.63) is 31.5 Å². The molecule has 0 saturated heterocycles. The number of nitrogens with zero attached hydrogens (tertiary/aromatic N) is 2. The molecule has 3 nitrogen and oxygen atoms in total. The Bertz CT molecular complexity index is 554. The van der Waals surface area contributed by atoms with E-state index in [1.807, 2.05) is 16.8 Å². The monoisotopic (exact) mass is 360 g/mol. The van der Waals surface area contributed by atoms with Crippen molar-refractivity contribution >= 4 is 43.2 Å². The van der Waals surface area contributed by atoms with Crippen LogP contribution < -0.4 is 4.84 Å². The van der Waals surface area contributed by atoms with E-state index < -0.39 is 0 Å². The Kier molecular flexibility index (Phi) is 3.38. The summed E-state index contributed by atoms with van der Waals surface area (Å²) < 4.78 is 3.04. The highest BCUT2D eigenvalue weighted by molar-refractivity contribution is 9.13. The average Bonchev–Trinajstić information content (AvgIpc) is 2.87. The molecule has 16 heavy (non-hydrogen) atoms. The first-order valence-electron chi connectivity index (χ1n) is 4.27. The lowest BCUT2D eigenvalue weighted by Gasteiger charge is -2.06. The first-order valence-corrected chi connectivity index (χ1v) is 6.80. The van der Waals surface area contributed by atoms with Crippen molar-refractivity contribution < 1.29 is 4.84 Å². The molecule has 0 aliphatic rings. The van der Waals surface area contributed by atoms with Gasteiger partial charge in [-0.15, -0.1) is 0 Å². The number of hydrogen-bond acceptors (Lipinski definition) is 3. The van der Waals surface area contributed by atoms with Crippen molar-refractivity contribution in [2.24, 2.45) is 0 Å². The predicted molar refractivity (Wildman–Crippen MR) is 70.4 cm³/mol. The van der Waals surface area contributed by atoms with Crippen molar-refractivity contribution in [2.75, 3.05) is 7.11 Å². The zero-order chi connectivity index (χ0) is 11.7. The van der Waals surface area contributed by atoms with Crippen molar-refractivity contribution in [1.29, 1.82) is 5.26 Å². The molecule has 2 aromatic rings. The zero-order valence-corrected chi connectivity index (χ0v) is 12.2. The summed E-state index contributed by atoms with van der Waals surface area (Å²) in [6, 6.07) is 4.08. The minimum absolute atomic E-state index is 0.440. The standard InChI is InChI=1S/C10H6Br2N2OS/c1-15-14-7(4-13)8(11)9(12)10(14)6-2-3-16-5-6/h2-3,5H,1H3. The summed E-state index contributed by atoms with van der Waals surface area (Å²) in [4.78, 5) is 5.23. The molecule has 0 saturated carbocycles. The Hall–Kier alpha value is -0.770. The van der Waals surface area contributed by atoms with E-state index >= 15 is 0 Å². The van der Waals surface area contributed by atoms with Crippen molar-refractivity contribution in [1.82, 2.24) is 4.73 Å². The van der Waals surface area contributed by atoms with Crippen molar-refractivity contribution in [2.45, 2.75) is 0 Å². The molecular weight excluding hydrogens is 356 g/mol. The van der Waals surface area contributed by atoms with Crippen LogP contribution in [0.5, 0.6) is 0 Å². The van der Waals surface area contributed by atoms with E-state index in [2.05, 4.69) is 37.9 Å². The van der Waals surface area contributed by atoms with Crippen LogP contribution in [0.3, 0.4) is 0 Å². The van der Waals surface area contributed by atoms with Gasteiger partial charge in [0, 0.05) is 10.9 Å². The molecular formula is C10H6Br2N2OS. The molecule has 6 heteroatoms. The molecule has 2 aromatic heterocycles. The van der Waals surface area contributed by atoms with Crippen molar-refractivity contribution in [3.63, 3.8) is 0 Å². The Morgan fingerprint density at radius 1 is 1.44 bits per heavy atom. The van der Waals surface area contributed by atoms with Gasteiger partial charge in [0.15, 0.2) is 5.69 Å². The normalized spacial score (nSPS) is 10.1. The second-order valence-corrected chi connectivity index (χ2v) is 5.29. The number of hydrogen-bond donors (Lipinski definition) is 0. The average molecular weight is 362 g/mol. The van der Waals surface area contributed by atoms with E-state index in [4.69, 9.17) is 10.1 Å². The van der Waals surface area contributed by atoms with E-state index in [1.165, 1.54) is 11.8 Å². The van der Waals surface area contributed by atoms with Crippen LogP contribution in [0.1, 0.15) is 5.69 Å². The molecule has 0 aromatic carbocycles. The second-order valence-electron chi connectivity index (χ2n) is 2.93. The third-order valence-corrected chi connectivity index (χ3v) is 4.86. The Morgan fingerprint density at radius 3 is 2.69 bits per heavy atom. The summed E-state index contributed by atoms with van der Waals surface area (Å²) in [7, 11) is 1.54. The minimum atomic E-state index is 0.440. The zero-order valence-electron chi connectivity index (χ0n) is 8.20. The van der Waals surface area contributed by atoms with E-state index in [-0.39, 0.29) is 0 Å². The molecule has 0 atom stereocenters. The third kappa shape index (κ3) is 1.69. The summed E-state index contributed by atoms with van der Waals surface area (Å²) >= 11 is 8.43. The maximum absolute atomic E-state index is 9.07. The maximum atomic E-state index is 9.07. The fraction of sp³-hybridized carbons (Fsp3) is 0.100. The lowest BCUT2D eigenvalue weighted by atomic mass is 10.2. The van der Waals surface area contributed by atoms with Gasteiger partial charge in [-0.2, -0.15) is 21.3 Å². The van der Waals surface area contributed by atoms with Gasteiger partial charge in [0.05, 0.1) is 8.95 Å². The van der Waals surface area contributed by atoms with E-state index in [1.54, 1.807) is 11.3 Å². The molecule has 0 spiro atoms. The summed E-state index contributed by atoms with van der Waals surface area (Å²) in [5.41, 5.74) is 2.30. The SMILES string of the molecule is COn1c(C#N)c(Br)c(Br)c1-c1ccsc1. The highest BCUT2D eigenvalue weighted by Gasteiger charge is 2.21. The third-order valence-electron chi connectivity index (χ3n) is 2.10. The Labute approximate surface area is 113 Å². The fourth-order valence-electron chi connectivity index (χ4n) is 1.42. The highest BCUT2D eigenvalue weighted by Crippen LogP contribution is 2.39. The largest absolute Gasteiger partial charge is 0.416 e. The van der Waals surface area contributed by atoms with Crippen LogP contribution in [0, 0.1) is 11.3 Å². The number of thiophene rings is 1. The van der Waals surface area contributed by atoms with Gasteiger partial charge >= 0.3 is 0 Å². The van der Waals surface area contributed by atoms with Crippen LogP contribution in [0.2, 0.25) is 0 Å². The second kappa shape index (κ2) is 4.62. The van der Waals surface area contributed by atoms with Crippen LogP contribution in [-0.4, -0.2) is 11.8 Å². The number of nitriles is 1. The smallest absolute Gasteiger partial charge is 0.172 e. The molecule has 0 N–H and O–H groups in total. The predicted octanol–water partition coefficient (Wildman–Crippen LogP) is 3.67. The topological polar surface area (TPSA) is 38.0 Å². The van der Waals surface area contributed by atoms with Gasteiger partial charge in [0.2, 0.25) is 0 Å². The van der Waals surface area contributed by atoms with E-state index in [0.29, 0.717) is 10.2 Å². The van der Waals surface area contributed by atoms with Gasteiger partial charge in [-0.05, 0) is 43.3 Å². The lowest BCUT2D eigenvalue weighted by Crippen LogP contribution is -2.09. The summed E-state index contributed by atoms with van der Waals surface area (Å²) in [6.07, 6.45) is 0. The molecule has 0 amide bonds. The van der Waals surface area contributed by atoms with E-state index in [0.717, 1.165) is 15.7 Å². The summed E-state index contributed by atoms with van der Waals surface area (Å²) in [6.45, 7) is 0. The Morgan fingerprint density at radius 2 is 2.19 bits per heavy atom. The number of aromatic nitrogens is 1. The van der Waals surface area contributed by atoms with E-state index in [9.17, 15) is 0 Å². The molecule has 2 heterocycles. The molecule has 0 aliphatic heterocycles. The molecule has 0 unspecified atom stereocenters. The molecule has 0 bridgehead atoms. The quantitative estimate of drug-likeness (QED) is 0.818. The van der Waals surface area contributed by atoms with Gasteiger partial charge in [0.25, 0.3) is 0 Å². The number of halogens is 2. The first kappa shape index (κ1) is 11.7. The van der Waals surface area contributed by atoms with Crippen LogP contribution in [0.25, 0.3) is 11.3 Å². The summed E-state index contributed by atoms with van der Waals surface area (Å²) in [5.74, 6) is 0. The first-order chi connectivity index (χ1) is 7.70. The van der Waals surface area contributed by atoms with Gasteiger partial charge < -0.3 is 4.84 Å². The number of rotatable bonds is 2.